The lowest BCUT2D eigenvalue weighted by Gasteiger charge is -2.31. The van der Waals surface area contributed by atoms with Crippen molar-refractivity contribution in [3.8, 4) is 0 Å². The van der Waals surface area contributed by atoms with Crippen molar-refractivity contribution in [1.82, 2.24) is 5.32 Å². The summed E-state index contributed by atoms with van der Waals surface area (Å²) in [5.74, 6) is -0.353. The van der Waals surface area contributed by atoms with Gasteiger partial charge in [-0.05, 0) is 55.8 Å². The van der Waals surface area contributed by atoms with Crippen LogP contribution in [0.25, 0.3) is 0 Å². The molecule has 0 aliphatic rings. The Balaban J connectivity index is 2.40. The quantitative estimate of drug-likeness (QED) is 0.891. The highest BCUT2D eigenvalue weighted by molar-refractivity contribution is 7.09. The molecule has 0 radical (unpaired) electrons. The number of primary amides is 1. The average Bonchev–Trinajstić information content (AvgIpc) is 2.87. The number of benzene rings is 1. The molecule has 112 valence electrons. The van der Waals surface area contributed by atoms with Crippen molar-refractivity contribution in [2.75, 3.05) is 0 Å². The van der Waals surface area contributed by atoms with Gasteiger partial charge in [-0.1, -0.05) is 23.8 Å². The van der Waals surface area contributed by atoms with Gasteiger partial charge >= 0.3 is 0 Å². The monoisotopic (exact) mass is 302 g/mol. The molecule has 4 heteroatoms. The number of carbonyl (C=O) groups is 1. The Morgan fingerprint density at radius 3 is 2.38 bits per heavy atom. The summed E-state index contributed by atoms with van der Waals surface area (Å²) in [6.45, 7) is 8.62. The van der Waals surface area contributed by atoms with Crippen molar-refractivity contribution in [1.29, 1.82) is 0 Å². The highest BCUT2D eigenvalue weighted by atomic mass is 32.1. The zero-order valence-electron chi connectivity index (χ0n) is 13.0. The molecule has 1 amide bonds. The van der Waals surface area contributed by atoms with Gasteiger partial charge in [-0.3, -0.25) is 10.1 Å². The van der Waals surface area contributed by atoms with E-state index < -0.39 is 5.54 Å². The molecule has 3 N–H and O–H groups in total. The highest BCUT2D eigenvalue weighted by Crippen LogP contribution is 2.29. The van der Waals surface area contributed by atoms with Crippen LogP contribution in [0.2, 0.25) is 0 Å². The van der Waals surface area contributed by atoms with Gasteiger partial charge in [0.05, 0.1) is 0 Å². The van der Waals surface area contributed by atoms with Crippen molar-refractivity contribution < 1.29 is 4.79 Å². The number of hydrogen-bond acceptors (Lipinski definition) is 3. The molecule has 0 spiro atoms. The van der Waals surface area contributed by atoms with Crippen LogP contribution in [0.3, 0.4) is 0 Å². The van der Waals surface area contributed by atoms with Crippen LogP contribution in [-0.4, -0.2) is 5.91 Å². The number of thiophene rings is 1. The van der Waals surface area contributed by atoms with Crippen LogP contribution in [0.15, 0.2) is 29.6 Å². The largest absolute Gasteiger partial charge is 0.368 e. The molecule has 3 nitrogen and oxygen atoms in total. The smallest absolute Gasteiger partial charge is 0.242 e. The zero-order valence-corrected chi connectivity index (χ0v) is 13.8. The molecule has 0 aliphatic carbocycles. The predicted octanol–water partition coefficient (Wildman–Crippen LogP) is 3.16. The van der Waals surface area contributed by atoms with Crippen molar-refractivity contribution in [3.05, 3.63) is 56.8 Å². The molecule has 1 heterocycles. The Kier molecular flexibility index (Phi) is 4.49. The first-order valence-electron chi connectivity index (χ1n) is 7.00. The van der Waals surface area contributed by atoms with Crippen LogP contribution in [0.1, 0.15) is 34.1 Å². The van der Waals surface area contributed by atoms with E-state index in [9.17, 15) is 4.79 Å². The van der Waals surface area contributed by atoms with E-state index in [1.54, 1.807) is 11.3 Å². The van der Waals surface area contributed by atoms with E-state index in [0.29, 0.717) is 6.54 Å². The maximum absolute atomic E-state index is 12.1. The second-order valence-corrected chi connectivity index (χ2v) is 6.73. The molecular weight excluding hydrogens is 280 g/mol. The van der Waals surface area contributed by atoms with Gasteiger partial charge in [-0.25, -0.2) is 0 Å². The molecule has 2 rings (SSSR count). The third-order valence-corrected chi connectivity index (χ3v) is 4.74. The standard InChI is InChI=1S/C17H22N2OS/c1-11-8-12(2)15(13(3)9-11)17(4,16(18)20)19-10-14-6-5-7-21-14/h5-9,19H,10H2,1-4H3,(H2,18,20). The number of nitrogens with one attached hydrogen (secondary N) is 1. The molecular formula is C17H22N2OS. The van der Waals surface area contributed by atoms with E-state index in [4.69, 9.17) is 5.73 Å². The van der Waals surface area contributed by atoms with Gasteiger partial charge < -0.3 is 5.73 Å². The average molecular weight is 302 g/mol. The lowest BCUT2D eigenvalue weighted by atomic mass is 9.83. The van der Waals surface area contributed by atoms with E-state index in [0.717, 1.165) is 16.7 Å². The molecule has 0 fully saturated rings. The first-order chi connectivity index (χ1) is 9.84. The van der Waals surface area contributed by atoms with Gasteiger partial charge in [-0.2, -0.15) is 0 Å². The normalized spacial score (nSPS) is 13.9. The van der Waals surface area contributed by atoms with E-state index in [1.165, 1.54) is 10.4 Å². The van der Waals surface area contributed by atoms with Gasteiger partial charge in [0.2, 0.25) is 5.91 Å². The third-order valence-electron chi connectivity index (χ3n) is 3.87. The number of amides is 1. The van der Waals surface area contributed by atoms with Crippen molar-refractivity contribution in [3.63, 3.8) is 0 Å². The minimum Gasteiger partial charge on any atom is -0.368 e. The molecule has 1 atom stereocenters. The fraction of sp³-hybridized carbons (Fsp3) is 0.353. The minimum absolute atomic E-state index is 0.353. The van der Waals surface area contributed by atoms with Crippen LogP contribution in [-0.2, 0) is 16.9 Å². The minimum atomic E-state index is -0.869. The number of rotatable bonds is 5. The number of aryl methyl sites for hydroxylation is 3. The Bertz CT molecular complexity index is 626. The predicted molar refractivity (Wildman–Crippen MR) is 88.4 cm³/mol. The summed E-state index contributed by atoms with van der Waals surface area (Å²) in [4.78, 5) is 13.3. The SMILES string of the molecule is Cc1cc(C)c(C(C)(NCc2cccs2)C(N)=O)c(C)c1. The topological polar surface area (TPSA) is 55.1 Å². The summed E-state index contributed by atoms with van der Waals surface area (Å²) in [5, 5.41) is 5.38. The van der Waals surface area contributed by atoms with E-state index in [-0.39, 0.29) is 5.91 Å². The van der Waals surface area contributed by atoms with Crippen molar-refractivity contribution in [2.24, 2.45) is 5.73 Å². The lowest BCUT2D eigenvalue weighted by Crippen LogP contribution is -2.50. The number of carbonyl (C=O) groups excluding carboxylic acids is 1. The van der Waals surface area contributed by atoms with Crippen molar-refractivity contribution >= 4 is 17.2 Å². The van der Waals surface area contributed by atoms with Crippen LogP contribution in [0.5, 0.6) is 0 Å². The summed E-state index contributed by atoms with van der Waals surface area (Å²) < 4.78 is 0. The van der Waals surface area contributed by atoms with E-state index >= 15 is 0 Å². The summed E-state index contributed by atoms with van der Waals surface area (Å²) in [7, 11) is 0. The Morgan fingerprint density at radius 1 is 1.29 bits per heavy atom. The zero-order chi connectivity index (χ0) is 15.6. The highest BCUT2D eigenvalue weighted by Gasteiger charge is 2.35. The molecule has 0 saturated heterocycles. The van der Waals surface area contributed by atoms with E-state index in [2.05, 4.69) is 24.4 Å². The van der Waals surface area contributed by atoms with Crippen molar-refractivity contribution in [2.45, 2.75) is 39.8 Å². The summed E-state index contributed by atoms with van der Waals surface area (Å²) in [6.07, 6.45) is 0. The summed E-state index contributed by atoms with van der Waals surface area (Å²) in [5.41, 5.74) is 9.21. The third kappa shape index (κ3) is 3.17. The lowest BCUT2D eigenvalue weighted by molar-refractivity contribution is -0.124. The maximum atomic E-state index is 12.1. The van der Waals surface area contributed by atoms with Gasteiger partial charge in [0.15, 0.2) is 0 Å². The summed E-state index contributed by atoms with van der Waals surface area (Å²) in [6, 6.07) is 8.24. The Hall–Kier alpha value is -1.65. The van der Waals surface area contributed by atoms with Gasteiger partial charge in [0.25, 0.3) is 0 Å². The molecule has 1 aromatic carbocycles. The molecule has 1 unspecified atom stereocenters. The van der Waals surface area contributed by atoms with Gasteiger partial charge in [0, 0.05) is 11.4 Å². The molecule has 21 heavy (non-hydrogen) atoms. The molecule has 1 aromatic heterocycles. The Morgan fingerprint density at radius 2 is 1.90 bits per heavy atom. The fourth-order valence-electron chi connectivity index (χ4n) is 2.94. The first-order valence-corrected chi connectivity index (χ1v) is 7.88. The molecule has 0 aliphatic heterocycles. The number of hydrogen-bond donors (Lipinski definition) is 2. The summed E-state index contributed by atoms with van der Waals surface area (Å²) >= 11 is 1.67. The first kappa shape index (κ1) is 15.7. The fourth-order valence-corrected chi connectivity index (χ4v) is 3.59. The Labute approximate surface area is 130 Å². The second kappa shape index (κ2) is 6.00. The second-order valence-electron chi connectivity index (χ2n) is 5.70. The van der Waals surface area contributed by atoms with Crippen LogP contribution in [0, 0.1) is 20.8 Å². The van der Waals surface area contributed by atoms with Crippen LogP contribution >= 0.6 is 11.3 Å². The van der Waals surface area contributed by atoms with Crippen LogP contribution in [0.4, 0.5) is 0 Å². The maximum Gasteiger partial charge on any atom is 0.242 e. The van der Waals surface area contributed by atoms with E-state index in [1.807, 2.05) is 38.3 Å². The molecule has 0 bridgehead atoms. The number of nitrogens with two attached hydrogens (primary N) is 1. The molecule has 2 aromatic rings. The molecule has 0 saturated carbocycles. The van der Waals surface area contributed by atoms with Crippen LogP contribution < -0.4 is 11.1 Å². The van der Waals surface area contributed by atoms with Gasteiger partial charge in [0.1, 0.15) is 5.54 Å². The van der Waals surface area contributed by atoms with Gasteiger partial charge in [-0.15, -0.1) is 11.3 Å².